The molecule has 0 aromatic carbocycles. The number of anilines is 1. The molecule has 1 saturated heterocycles. The Kier molecular flexibility index (Phi) is 5.45. The first-order valence-corrected chi connectivity index (χ1v) is 10.5. The van der Waals surface area contributed by atoms with E-state index in [4.69, 9.17) is 5.73 Å². The molecule has 2 saturated carbocycles. The third kappa shape index (κ3) is 4.69. The molecule has 1 aliphatic heterocycles. The van der Waals surface area contributed by atoms with Gasteiger partial charge in [0.2, 0.25) is 5.91 Å². The first-order valence-electron chi connectivity index (χ1n) is 10.5. The smallest absolute Gasteiger partial charge is 0.365 e. The molecule has 31 heavy (non-hydrogen) atoms. The summed E-state index contributed by atoms with van der Waals surface area (Å²) in [5.41, 5.74) is 4.65. The average Bonchev–Trinajstić information content (AvgIpc) is 3.58. The van der Waals surface area contributed by atoms with Crippen LogP contribution in [0.2, 0.25) is 0 Å². The number of rotatable bonds is 7. The number of halogens is 3. The molecule has 3 fully saturated rings. The standard InChI is InChI=1S/C20H25F3N6O2/c21-20(22,23)11-28-7-4-19(3-6-24,5-8-28)29-10-15(16(25)30)17(27-29)26-18(31)14-9-13(14)12-1-2-12/h10,12-14H,1-5,7-9,11H2,(H2,25,30)(H,26,27,31)/t13-,14+/m1/s1. The van der Waals surface area contributed by atoms with E-state index in [1.165, 1.54) is 15.8 Å². The largest absolute Gasteiger partial charge is 0.401 e. The van der Waals surface area contributed by atoms with Crippen molar-refractivity contribution in [3.05, 3.63) is 11.8 Å². The molecule has 0 unspecified atom stereocenters. The van der Waals surface area contributed by atoms with Gasteiger partial charge < -0.3 is 11.1 Å². The quantitative estimate of drug-likeness (QED) is 0.677. The maximum atomic E-state index is 12.7. The molecule has 11 heteroatoms. The third-order valence-corrected chi connectivity index (χ3v) is 6.71. The molecule has 0 radical (unpaired) electrons. The predicted octanol–water partition coefficient (Wildman–Crippen LogP) is 2.23. The molecule has 1 aromatic heterocycles. The Hall–Kier alpha value is -2.61. The summed E-state index contributed by atoms with van der Waals surface area (Å²) in [6, 6.07) is 2.09. The summed E-state index contributed by atoms with van der Waals surface area (Å²) in [6.07, 6.45) is 0.781. The number of nitrogens with zero attached hydrogens (tertiary/aromatic N) is 4. The Morgan fingerprint density at radius 2 is 2.00 bits per heavy atom. The average molecular weight is 438 g/mol. The molecule has 4 rings (SSSR count). The third-order valence-electron chi connectivity index (χ3n) is 6.71. The lowest BCUT2D eigenvalue weighted by molar-refractivity contribution is -0.150. The van der Waals surface area contributed by atoms with Gasteiger partial charge >= 0.3 is 6.18 Å². The maximum Gasteiger partial charge on any atom is 0.401 e. The number of nitrogens with two attached hydrogens (primary N) is 1. The Bertz CT molecular complexity index is 909. The molecule has 2 amide bonds. The van der Waals surface area contributed by atoms with Crippen molar-refractivity contribution in [2.75, 3.05) is 25.0 Å². The molecule has 1 aromatic rings. The van der Waals surface area contributed by atoms with E-state index in [0.717, 1.165) is 19.3 Å². The molecular formula is C20H25F3N6O2. The second kappa shape index (κ2) is 7.82. The van der Waals surface area contributed by atoms with Gasteiger partial charge in [0.15, 0.2) is 5.82 Å². The zero-order valence-electron chi connectivity index (χ0n) is 17.0. The number of primary amides is 1. The first-order chi connectivity index (χ1) is 14.6. The van der Waals surface area contributed by atoms with Gasteiger partial charge in [-0.25, -0.2) is 0 Å². The van der Waals surface area contributed by atoms with E-state index in [-0.39, 0.29) is 55.6 Å². The van der Waals surface area contributed by atoms with Gasteiger partial charge in [-0.2, -0.15) is 23.5 Å². The van der Waals surface area contributed by atoms with E-state index in [1.54, 1.807) is 0 Å². The van der Waals surface area contributed by atoms with E-state index >= 15 is 0 Å². The van der Waals surface area contributed by atoms with Crippen LogP contribution in [-0.4, -0.2) is 52.3 Å². The molecule has 2 heterocycles. The summed E-state index contributed by atoms with van der Waals surface area (Å²) in [7, 11) is 0. The highest BCUT2D eigenvalue weighted by atomic mass is 19.4. The van der Waals surface area contributed by atoms with Gasteiger partial charge in [-0.05, 0) is 43.9 Å². The lowest BCUT2D eigenvalue weighted by Gasteiger charge is -2.40. The number of aromatic nitrogens is 2. The van der Waals surface area contributed by atoms with Crippen molar-refractivity contribution in [2.45, 2.75) is 50.2 Å². The Morgan fingerprint density at radius 1 is 1.32 bits per heavy atom. The summed E-state index contributed by atoms with van der Waals surface area (Å²) in [5, 5.41) is 16.4. The van der Waals surface area contributed by atoms with Crippen LogP contribution in [0.15, 0.2) is 6.20 Å². The maximum absolute atomic E-state index is 12.7. The van der Waals surface area contributed by atoms with E-state index < -0.39 is 24.2 Å². The fourth-order valence-electron chi connectivity index (χ4n) is 4.68. The van der Waals surface area contributed by atoms with Crippen LogP contribution in [0.4, 0.5) is 19.0 Å². The summed E-state index contributed by atoms with van der Waals surface area (Å²) >= 11 is 0. The summed E-state index contributed by atoms with van der Waals surface area (Å²) in [4.78, 5) is 25.8. The van der Waals surface area contributed by atoms with Gasteiger partial charge in [0.1, 0.15) is 5.56 Å². The second-order valence-electron chi connectivity index (χ2n) is 8.98. The van der Waals surface area contributed by atoms with Crippen molar-refractivity contribution in [3.63, 3.8) is 0 Å². The Labute approximate surface area is 177 Å². The minimum Gasteiger partial charge on any atom is -0.365 e. The molecule has 0 bridgehead atoms. The SMILES string of the molecule is N#CCC1(n2cc(C(N)=O)c(NC(=O)[C@H]3C[C@@H]3C3CC3)n2)CCN(CC(F)(F)F)CC1. The fourth-order valence-corrected chi connectivity index (χ4v) is 4.68. The summed E-state index contributed by atoms with van der Waals surface area (Å²) < 4.78 is 39.6. The number of piperidine rings is 1. The Morgan fingerprint density at radius 3 is 2.55 bits per heavy atom. The predicted molar refractivity (Wildman–Crippen MR) is 104 cm³/mol. The molecule has 3 aliphatic rings. The van der Waals surface area contributed by atoms with Gasteiger partial charge in [0.25, 0.3) is 5.91 Å². The number of likely N-dealkylation sites (tertiary alicyclic amines) is 1. The highest BCUT2D eigenvalue weighted by Gasteiger charge is 2.51. The zero-order valence-corrected chi connectivity index (χ0v) is 17.0. The number of nitriles is 1. The van der Waals surface area contributed by atoms with Crippen LogP contribution >= 0.6 is 0 Å². The zero-order chi connectivity index (χ0) is 22.4. The van der Waals surface area contributed by atoms with Crippen molar-refractivity contribution in [2.24, 2.45) is 23.5 Å². The molecule has 3 N–H and O–H groups in total. The van der Waals surface area contributed by atoms with Gasteiger partial charge in [0, 0.05) is 25.2 Å². The number of hydrogen-bond acceptors (Lipinski definition) is 5. The van der Waals surface area contributed by atoms with Crippen LogP contribution in [0, 0.1) is 29.1 Å². The van der Waals surface area contributed by atoms with Crippen molar-refractivity contribution >= 4 is 17.6 Å². The van der Waals surface area contributed by atoms with Gasteiger partial charge in [0.05, 0.1) is 24.6 Å². The van der Waals surface area contributed by atoms with E-state index in [1.807, 2.05) is 0 Å². The minimum atomic E-state index is -4.29. The lowest BCUT2D eigenvalue weighted by atomic mass is 9.85. The fraction of sp³-hybridized carbons (Fsp3) is 0.700. The molecular weight excluding hydrogens is 413 g/mol. The van der Waals surface area contributed by atoms with Gasteiger partial charge in [-0.1, -0.05) is 0 Å². The topological polar surface area (TPSA) is 117 Å². The summed E-state index contributed by atoms with van der Waals surface area (Å²) in [5.74, 6) is 0.00873. The molecule has 168 valence electrons. The van der Waals surface area contributed by atoms with Crippen molar-refractivity contribution in [3.8, 4) is 6.07 Å². The van der Waals surface area contributed by atoms with Crippen molar-refractivity contribution < 1.29 is 22.8 Å². The van der Waals surface area contributed by atoms with Crippen LogP contribution in [0.25, 0.3) is 0 Å². The Balaban J connectivity index is 1.51. The van der Waals surface area contributed by atoms with Gasteiger partial charge in [-0.15, -0.1) is 0 Å². The van der Waals surface area contributed by atoms with E-state index in [9.17, 15) is 28.0 Å². The summed E-state index contributed by atoms with van der Waals surface area (Å²) in [6.45, 7) is -0.730. The lowest BCUT2D eigenvalue weighted by Crippen LogP contribution is -2.48. The number of hydrogen-bond donors (Lipinski definition) is 2. The van der Waals surface area contributed by atoms with Crippen LogP contribution in [0.3, 0.4) is 0 Å². The van der Waals surface area contributed by atoms with E-state index in [0.29, 0.717) is 11.8 Å². The van der Waals surface area contributed by atoms with Crippen molar-refractivity contribution in [1.82, 2.24) is 14.7 Å². The molecule has 2 atom stereocenters. The van der Waals surface area contributed by atoms with Crippen LogP contribution < -0.4 is 11.1 Å². The second-order valence-corrected chi connectivity index (χ2v) is 8.98. The number of nitrogens with one attached hydrogen (secondary N) is 1. The monoisotopic (exact) mass is 438 g/mol. The minimum absolute atomic E-state index is 0.0203. The molecule has 8 nitrogen and oxygen atoms in total. The normalized spacial score (nSPS) is 25.6. The first kappa shape index (κ1) is 21.6. The molecule has 0 spiro atoms. The van der Waals surface area contributed by atoms with Crippen molar-refractivity contribution in [1.29, 1.82) is 5.26 Å². The molecule has 2 aliphatic carbocycles. The number of carbonyl (C=O) groups is 2. The number of carbonyl (C=O) groups excluding carboxylic acids is 2. The van der Waals surface area contributed by atoms with Crippen LogP contribution in [0.1, 0.15) is 48.9 Å². The highest BCUT2D eigenvalue weighted by Crippen LogP contribution is 2.54. The van der Waals surface area contributed by atoms with Crippen LogP contribution in [-0.2, 0) is 10.3 Å². The highest BCUT2D eigenvalue weighted by molar-refractivity contribution is 6.02. The van der Waals surface area contributed by atoms with Crippen LogP contribution in [0.5, 0.6) is 0 Å². The van der Waals surface area contributed by atoms with Gasteiger partial charge in [-0.3, -0.25) is 19.2 Å². The van der Waals surface area contributed by atoms with E-state index in [2.05, 4.69) is 16.5 Å². The number of alkyl halides is 3. The number of amides is 2.